The Bertz CT molecular complexity index is 2190. The van der Waals surface area contributed by atoms with Crippen molar-refractivity contribution in [2.24, 2.45) is 11.3 Å². The molecule has 2 atom stereocenters. The molecule has 2 aliphatic rings. The number of pyridine rings is 1. The van der Waals surface area contributed by atoms with Gasteiger partial charge >= 0.3 is 5.97 Å². The number of fused-ring (bicyclic) bond motifs is 1. The van der Waals surface area contributed by atoms with Crippen molar-refractivity contribution in [1.29, 1.82) is 0 Å². The number of para-hydroxylation sites is 1. The van der Waals surface area contributed by atoms with E-state index in [0.717, 1.165) is 53.8 Å². The maximum atomic E-state index is 15.7. The summed E-state index contributed by atoms with van der Waals surface area (Å²) in [7, 11) is 5.97. The van der Waals surface area contributed by atoms with Crippen LogP contribution in [0.2, 0.25) is 0 Å². The number of methoxy groups -OCH3 is 4. The summed E-state index contributed by atoms with van der Waals surface area (Å²) in [6.07, 6.45) is 2.54. The third-order valence-electron chi connectivity index (χ3n) is 10.7. The highest BCUT2D eigenvalue weighted by molar-refractivity contribution is 5.93. The molecule has 56 heavy (non-hydrogen) atoms. The Hall–Kier alpha value is -5.88. The second-order valence-electron chi connectivity index (χ2n) is 14.2. The Kier molecular flexibility index (Phi) is 11.6. The first kappa shape index (κ1) is 38.4. The van der Waals surface area contributed by atoms with Gasteiger partial charge in [-0.05, 0) is 85.3 Å². The number of anilines is 1. The van der Waals surface area contributed by atoms with Crippen LogP contribution in [0.3, 0.4) is 0 Å². The van der Waals surface area contributed by atoms with E-state index in [9.17, 15) is 9.59 Å². The van der Waals surface area contributed by atoms with Crippen LogP contribution in [0.4, 0.5) is 10.2 Å². The van der Waals surface area contributed by atoms with E-state index in [1.54, 1.807) is 44.6 Å². The summed E-state index contributed by atoms with van der Waals surface area (Å²) in [5, 5.41) is 2.21. The van der Waals surface area contributed by atoms with Crippen molar-refractivity contribution >= 4 is 28.6 Å². The summed E-state index contributed by atoms with van der Waals surface area (Å²) in [5.41, 5.74) is 2.57. The van der Waals surface area contributed by atoms with Gasteiger partial charge in [0.2, 0.25) is 0 Å². The van der Waals surface area contributed by atoms with Gasteiger partial charge in [-0.3, -0.25) is 14.4 Å². The fraction of sp³-hybridized carbons (Fsp3) is 0.341. The highest BCUT2D eigenvalue weighted by Gasteiger charge is 2.65. The molecule has 0 spiro atoms. The summed E-state index contributed by atoms with van der Waals surface area (Å²) in [4.78, 5) is 41.1. The molecule has 5 aromatic rings. The minimum Gasteiger partial charge on any atom is -0.497 e. The van der Waals surface area contributed by atoms with Gasteiger partial charge in [0, 0.05) is 35.7 Å². The Morgan fingerprint density at radius 1 is 0.804 bits per heavy atom. The first-order chi connectivity index (χ1) is 27.2. The van der Waals surface area contributed by atoms with E-state index in [4.69, 9.17) is 33.5 Å². The molecular formula is C44H46FN3O8. The lowest BCUT2D eigenvalue weighted by molar-refractivity contribution is -0.198. The average molecular weight is 764 g/mol. The Morgan fingerprint density at radius 3 is 2.25 bits per heavy atom. The molecule has 0 N–H and O–H groups in total. The first-order valence-corrected chi connectivity index (χ1v) is 18.7. The van der Waals surface area contributed by atoms with Crippen molar-refractivity contribution in [3.05, 3.63) is 119 Å². The number of halogens is 1. The van der Waals surface area contributed by atoms with E-state index in [-0.39, 0.29) is 38.3 Å². The Labute approximate surface area is 325 Å². The first-order valence-electron chi connectivity index (χ1n) is 18.7. The van der Waals surface area contributed by atoms with Crippen LogP contribution in [-0.2, 0) is 45.3 Å². The number of esters is 1. The highest BCUT2D eigenvalue weighted by atomic mass is 19.1. The second kappa shape index (κ2) is 16.9. The van der Waals surface area contributed by atoms with E-state index >= 15 is 4.39 Å². The van der Waals surface area contributed by atoms with Gasteiger partial charge in [0.1, 0.15) is 36.3 Å². The molecule has 1 amide bonds. The van der Waals surface area contributed by atoms with Crippen LogP contribution in [0.5, 0.6) is 23.0 Å². The fourth-order valence-electron chi connectivity index (χ4n) is 7.45. The van der Waals surface area contributed by atoms with Gasteiger partial charge in [-0.25, -0.2) is 14.4 Å². The molecule has 1 saturated heterocycles. The molecule has 292 valence electrons. The highest BCUT2D eigenvalue weighted by Crippen LogP contribution is 2.57. The van der Waals surface area contributed by atoms with Crippen LogP contribution in [0.25, 0.3) is 10.9 Å². The minimum atomic E-state index is -1.21. The predicted octanol–water partition coefficient (Wildman–Crippen LogP) is 7.46. The number of hydroxylamine groups is 2. The van der Waals surface area contributed by atoms with E-state index in [0.29, 0.717) is 28.4 Å². The number of carbonyl (C=O) groups excluding carboxylic acids is 2. The van der Waals surface area contributed by atoms with Gasteiger partial charge in [0.25, 0.3) is 5.91 Å². The zero-order valence-corrected chi connectivity index (χ0v) is 32.1. The number of aromatic nitrogens is 1. The normalized spacial score (nSPS) is 17.4. The SMILES string of the molecule is COC(=O)[C@@]1(Cc2ccc(OCc3cc(N4CCCC4)nc4ccccc34)c(F)c2)CC1C(=O)N(Cc1ccc(OC)cc1OC)OCc1ccc(OC)cc1. The van der Waals surface area contributed by atoms with Crippen LogP contribution >= 0.6 is 0 Å². The quantitative estimate of drug-likeness (QED) is 0.0743. The molecule has 1 aliphatic carbocycles. The van der Waals surface area contributed by atoms with Crippen molar-refractivity contribution in [3.8, 4) is 23.0 Å². The van der Waals surface area contributed by atoms with Crippen LogP contribution < -0.4 is 23.8 Å². The van der Waals surface area contributed by atoms with Crippen LogP contribution in [0.1, 0.15) is 41.5 Å². The van der Waals surface area contributed by atoms with Crippen LogP contribution in [0, 0.1) is 17.2 Å². The third-order valence-corrected chi connectivity index (χ3v) is 10.7. The second-order valence-corrected chi connectivity index (χ2v) is 14.2. The van der Waals surface area contributed by atoms with Crippen molar-refractivity contribution in [1.82, 2.24) is 10.0 Å². The number of carbonyl (C=O) groups is 2. The molecule has 0 radical (unpaired) electrons. The summed E-state index contributed by atoms with van der Waals surface area (Å²) in [6.45, 7) is 2.16. The largest absolute Gasteiger partial charge is 0.497 e. The van der Waals surface area contributed by atoms with Gasteiger partial charge < -0.3 is 28.6 Å². The Balaban J connectivity index is 1.09. The number of nitrogens with zero attached hydrogens (tertiary/aromatic N) is 3. The number of hydrogen-bond acceptors (Lipinski definition) is 10. The molecular weight excluding hydrogens is 717 g/mol. The molecule has 0 bridgehead atoms. The van der Waals surface area contributed by atoms with Crippen molar-refractivity contribution < 1.29 is 42.5 Å². The lowest BCUT2D eigenvalue weighted by Gasteiger charge is -2.25. The molecule has 1 aromatic heterocycles. The smallest absolute Gasteiger partial charge is 0.312 e. The molecule has 1 aliphatic heterocycles. The molecule has 1 unspecified atom stereocenters. The van der Waals surface area contributed by atoms with E-state index in [1.807, 2.05) is 54.6 Å². The summed E-state index contributed by atoms with van der Waals surface area (Å²) >= 11 is 0. The Morgan fingerprint density at radius 2 is 1.54 bits per heavy atom. The zero-order valence-electron chi connectivity index (χ0n) is 32.1. The summed E-state index contributed by atoms with van der Waals surface area (Å²) in [5.74, 6) is 0.467. The number of amides is 1. The molecule has 7 rings (SSSR count). The predicted molar refractivity (Wildman–Crippen MR) is 208 cm³/mol. The van der Waals surface area contributed by atoms with Gasteiger partial charge in [0.15, 0.2) is 11.6 Å². The molecule has 11 nitrogen and oxygen atoms in total. The summed E-state index contributed by atoms with van der Waals surface area (Å²) < 4.78 is 43.3. The lowest BCUT2D eigenvalue weighted by atomic mass is 9.93. The fourth-order valence-corrected chi connectivity index (χ4v) is 7.45. The van der Waals surface area contributed by atoms with Gasteiger partial charge in [-0.2, -0.15) is 0 Å². The van der Waals surface area contributed by atoms with Gasteiger partial charge in [-0.15, -0.1) is 0 Å². The molecule has 2 fully saturated rings. The molecule has 4 aromatic carbocycles. The third kappa shape index (κ3) is 8.20. The van der Waals surface area contributed by atoms with E-state index in [1.165, 1.54) is 25.3 Å². The molecule has 12 heteroatoms. The topological polar surface area (TPSA) is 109 Å². The minimum absolute atomic E-state index is 0.0306. The van der Waals surface area contributed by atoms with Crippen LogP contribution in [0.15, 0.2) is 91.0 Å². The number of benzene rings is 4. The van der Waals surface area contributed by atoms with E-state index in [2.05, 4.69) is 4.90 Å². The molecule has 2 heterocycles. The van der Waals surface area contributed by atoms with Crippen molar-refractivity contribution in [3.63, 3.8) is 0 Å². The van der Waals surface area contributed by atoms with Crippen LogP contribution in [-0.4, -0.2) is 63.5 Å². The van der Waals surface area contributed by atoms with Crippen molar-refractivity contribution in [2.75, 3.05) is 46.4 Å². The standard InChI is InChI=1S/C44H46FN3O8/c1-51-33-15-11-29(12-16-33)27-56-48(26-31-14-17-34(52-2)23-40(31)53-3)42(49)36-25-44(36,43(50)54-4)24-30-13-18-39(37(45)21-30)55-28-32-22-41(47-19-7-8-20-47)46-38-10-6-5-9-35(32)38/h5-6,9-18,21-23,36H,7-8,19-20,24-28H2,1-4H3/t36?,44-/m0/s1. The van der Waals surface area contributed by atoms with E-state index < -0.39 is 29.0 Å². The lowest BCUT2D eigenvalue weighted by Crippen LogP contribution is -2.36. The average Bonchev–Trinajstić information content (AvgIpc) is 3.68. The number of ether oxygens (including phenoxy) is 5. The van der Waals surface area contributed by atoms with Gasteiger partial charge in [0.05, 0.1) is 51.8 Å². The molecule has 1 saturated carbocycles. The monoisotopic (exact) mass is 763 g/mol. The zero-order chi connectivity index (χ0) is 39.2. The van der Waals surface area contributed by atoms with Gasteiger partial charge in [-0.1, -0.05) is 36.4 Å². The maximum Gasteiger partial charge on any atom is 0.312 e. The number of rotatable bonds is 16. The summed E-state index contributed by atoms with van der Waals surface area (Å²) in [6, 6.07) is 27.2. The van der Waals surface area contributed by atoms with Crippen molar-refractivity contribution in [2.45, 2.75) is 45.4 Å². The number of hydrogen-bond donors (Lipinski definition) is 0. The maximum absolute atomic E-state index is 15.7.